The van der Waals surface area contributed by atoms with Crippen molar-refractivity contribution in [3.05, 3.63) is 39.2 Å². The summed E-state index contributed by atoms with van der Waals surface area (Å²) in [5.74, 6) is 0.800. The Kier molecular flexibility index (Phi) is 3.78. The second kappa shape index (κ2) is 5.12. The standard InChI is InChI=1S/C11H10Br2N2O/c1-14-5-10-11(16-6-15-10)8-3-2-7(12)4-9(8)13/h2-4,6,14H,5H2,1H3. The zero-order chi connectivity index (χ0) is 11.5. The molecule has 3 nitrogen and oxygen atoms in total. The Morgan fingerprint density at radius 2 is 2.19 bits per heavy atom. The van der Waals surface area contributed by atoms with Crippen LogP contribution in [-0.2, 0) is 6.54 Å². The zero-order valence-electron chi connectivity index (χ0n) is 8.63. The third-order valence-electron chi connectivity index (χ3n) is 2.16. The predicted molar refractivity (Wildman–Crippen MR) is 70.1 cm³/mol. The summed E-state index contributed by atoms with van der Waals surface area (Å²) >= 11 is 6.94. The molecule has 5 heteroatoms. The Balaban J connectivity index is 2.46. The van der Waals surface area contributed by atoms with E-state index < -0.39 is 0 Å². The summed E-state index contributed by atoms with van der Waals surface area (Å²) in [5.41, 5.74) is 1.91. The summed E-state index contributed by atoms with van der Waals surface area (Å²) in [5, 5.41) is 3.06. The van der Waals surface area contributed by atoms with E-state index in [1.165, 1.54) is 6.39 Å². The van der Waals surface area contributed by atoms with Crippen LogP contribution in [0.5, 0.6) is 0 Å². The molecule has 0 aliphatic heterocycles. The average Bonchev–Trinajstić information content (AvgIpc) is 2.67. The minimum atomic E-state index is 0.689. The fourth-order valence-electron chi connectivity index (χ4n) is 1.46. The molecule has 84 valence electrons. The highest BCUT2D eigenvalue weighted by Crippen LogP contribution is 2.32. The minimum absolute atomic E-state index is 0.689. The molecule has 2 rings (SSSR count). The van der Waals surface area contributed by atoms with Crippen LogP contribution in [-0.4, -0.2) is 12.0 Å². The molecular formula is C11H10Br2N2O. The number of nitrogens with one attached hydrogen (secondary N) is 1. The van der Waals surface area contributed by atoms with Crippen molar-refractivity contribution in [3.8, 4) is 11.3 Å². The van der Waals surface area contributed by atoms with Crippen LogP contribution in [0.15, 0.2) is 38.0 Å². The molecule has 0 atom stereocenters. The smallest absolute Gasteiger partial charge is 0.181 e. The van der Waals surface area contributed by atoms with Crippen LogP contribution in [0.1, 0.15) is 5.69 Å². The van der Waals surface area contributed by atoms with Gasteiger partial charge >= 0.3 is 0 Å². The Labute approximate surface area is 111 Å². The monoisotopic (exact) mass is 344 g/mol. The molecular weight excluding hydrogens is 336 g/mol. The van der Waals surface area contributed by atoms with Crippen LogP contribution in [0.2, 0.25) is 0 Å². The maximum absolute atomic E-state index is 5.43. The largest absolute Gasteiger partial charge is 0.443 e. The van der Waals surface area contributed by atoms with Crippen molar-refractivity contribution in [2.75, 3.05) is 7.05 Å². The van der Waals surface area contributed by atoms with E-state index in [-0.39, 0.29) is 0 Å². The summed E-state index contributed by atoms with van der Waals surface area (Å²) in [6.45, 7) is 0.689. The van der Waals surface area contributed by atoms with Crippen LogP contribution in [0.4, 0.5) is 0 Å². The van der Waals surface area contributed by atoms with Crippen molar-refractivity contribution in [2.45, 2.75) is 6.54 Å². The molecule has 1 N–H and O–H groups in total. The molecule has 0 radical (unpaired) electrons. The van der Waals surface area contributed by atoms with Gasteiger partial charge in [0.05, 0.1) is 0 Å². The second-order valence-corrected chi connectivity index (χ2v) is 5.05. The molecule has 16 heavy (non-hydrogen) atoms. The van der Waals surface area contributed by atoms with Crippen molar-refractivity contribution in [1.29, 1.82) is 0 Å². The van der Waals surface area contributed by atoms with Crippen LogP contribution in [0.25, 0.3) is 11.3 Å². The molecule has 0 saturated heterocycles. The summed E-state index contributed by atoms with van der Waals surface area (Å²) in [6, 6.07) is 5.96. The molecule has 1 heterocycles. The SMILES string of the molecule is CNCc1ncoc1-c1ccc(Br)cc1Br. The van der Waals surface area contributed by atoms with Gasteiger partial charge in [0.2, 0.25) is 0 Å². The lowest BCUT2D eigenvalue weighted by Gasteiger charge is -2.04. The van der Waals surface area contributed by atoms with Gasteiger partial charge in [-0.1, -0.05) is 15.9 Å². The Morgan fingerprint density at radius 1 is 1.38 bits per heavy atom. The van der Waals surface area contributed by atoms with E-state index in [0.29, 0.717) is 6.54 Å². The highest BCUT2D eigenvalue weighted by molar-refractivity contribution is 9.11. The second-order valence-electron chi connectivity index (χ2n) is 3.28. The van der Waals surface area contributed by atoms with Gasteiger partial charge in [0.25, 0.3) is 0 Å². The van der Waals surface area contributed by atoms with Crippen LogP contribution in [0, 0.1) is 0 Å². The maximum atomic E-state index is 5.43. The van der Waals surface area contributed by atoms with E-state index in [1.807, 2.05) is 25.2 Å². The molecule has 2 aromatic rings. The van der Waals surface area contributed by atoms with E-state index in [4.69, 9.17) is 4.42 Å². The van der Waals surface area contributed by atoms with Gasteiger partial charge in [0, 0.05) is 21.1 Å². The fraction of sp³-hybridized carbons (Fsp3) is 0.182. The van der Waals surface area contributed by atoms with Crippen molar-refractivity contribution in [3.63, 3.8) is 0 Å². The molecule has 1 aromatic carbocycles. The third kappa shape index (κ3) is 2.36. The van der Waals surface area contributed by atoms with Crippen molar-refractivity contribution in [1.82, 2.24) is 10.3 Å². The fourth-order valence-corrected chi connectivity index (χ4v) is 2.68. The van der Waals surface area contributed by atoms with Gasteiger partial charge in [-0.2, -0.15) is 0 Å². The first-order valence-electron chi connectivity index (χ1n) is 4.74. The van der Waals surface area contributed by atoms with Gasteiger partial charge in [-0.3, -0.25) is 0 Å². The zero-order valence-corrected chi connectivity index (χ0v) is 11.8. The van der Waals surface area contributed by atoms with E-state index >= 15 is 0 Å². The van der Waals surface area contributed by atoms with Gasteiger partial charge in [0.15, 0.2) is 12.2 Å². The first kappa shape index (κ1) is 11.8. The number of hydrogen-bond acceptors (Lipinski definition) is 3. The normalized spacial score (nSPS) is 10.7. The van der Waals surface area contributed by atoms with Gasteiger partial charge in [0.1, 0.15) is 5.69 Å². The molecule has 1 aromatic heterocycles. The summed E-state index contributed by atoms with van der Waals surface area (Å²) in [6.07, 6.45) is 1.47. The van der Waals surface area contributed by atoms with Gasteiger partial charge in [-0.25, -0.2) is 4.98 Å². The Bertz CT molecular complexity index is 496. The number of oxazole rings is 1. The van der Waals surface area contributed by atoms with Gasteiger partial charge < -0.3 is 9.73 Å². The van der Waals surface area contributed by atoms with E-state index in [2.05, 4.69) is 42.2 Å². The molecule has 0 saturated carbocycles. The van der Waals surface area contributed by atoms with E-state index in [1.54, 1.807) is 0 Å². The summed E-state index contributed by atoms with van der Waals surface area (Å²) in [4.78, 5) is 4.18. The lowest BCUT2D eigenvalue weighted by atomic mass is 10.1. The summed E-state index contributed by atoms with van der Waals surface area (Å²) in [7, 11) is 1.88. The minimum Gasteiger partial charge on any atom is -0.443 e. The Morgan fingerprint density at radius 3 is 2.88 bits per heavy atom. The highest BCUT2D eigenvalue weighted by atomic mass is 79.9. The summed E-state index contributed by atoms with van der Waals surface area (Å²) < 4.78 is 7.44. The molecule has 0 amide bonds. The molecule has 0 aliphatic carbocycles. The Hall–Kier alpha value is -0.650. The van der Waals surface area contributed by atoms with Crippen molar-refractivity contribution < 1.29 is 4.42 Å². The number of benzene rings is 1. The first-order valence-corrected chi connectivity index (χ1v) is 6.33. The van der Waals surface area contributed by atoms with E-state index in [0.717, 1.165) is 26.0 Å². The average molecular weight is 346 g/mol. The van der Waals surface area contributed by atoms with Crippen molar-refractivity contribution in [2.24, 2.45) is 0 Å². The predicted octanol–water partition coefficient (Wildman–Crippen LogP) is 3.59. The molecule has 0 spiro atoms. The maximum Gasteiger partial charge on any atom is 0.181 e. The first-order chi connectivity index (χ1) is 7.72. The molecule has 0 aliphatic rings. The van der Waals surface area contributed by atoms with Gasteiger partial charge in [-0.15, -0.1) is 0 Å². The van der Waals surface area contributed by atoms with Crippen LogP contribution in [0.3, 0.4) is 0 Å². The molecule has 0 fully saturated rings. The quantitative estimate of drug-likeness (QED) is 0.923. The number of hydrogen-bond donors (Lipinski definition) is 1. The number of halogens is 2. The number of aromatic nitrogens is 1. The lowest BCUT2D eigenvalue weighted by Crippen LogP contribution is -2.06. The molecule has 0 unspecified atom stereocenters. The van der Waals surface area contributed by atoms with Crippen LogP contribution >= 0.6 is 31.9 Å². The third-order valence-corrected chi connectivity index (χ3v) is 3.31. The topological polar surface area (TPSA) is 38.1 Å². The van der Waals surface area contributed by atoms with Crippen molar-refractivity contribution >= 4 is 31.9 Å². The highest BCUT2D eigenvalue weighted by Gasteiger charge is 2.12. The lowest BCUT2D eigenvalue weighted by molar-refractivity contribution is 0.570. The van der Waals surface area contributed by atoms with E-state index in [9.17, 15) is 0 Å². The van der Waals surface area contributed by atoms with Crippen LogP contribution < -0.4 is 5.32 Å². The number of rotatable bonds is 3. The number of nitrogens with zero attached hydrogens (tertiary/aromatic N) is 1. The van der Waals surface area contributed by atoms with Gasteiger partial charge in [-0.05, 0) is 41.2 Å². The molecule has 0 bridgehead atoms.